The number of amides is 1. The quantitative estimate of drug-likeness (QED) is 0.492. The third-order valence-corrected chi connectivity index (χ3v) is 5.63. The molecule has 4 rings (SSSR count). The van der Waals surface area contributed by atoms with Crippen LogP contribution in [0.15, 0.2) is 63.1 Å². The zero-order valence-corrected chi connectivity index (χ0v) is 16.1. The molecule has 0 aliphatic rings. The minimum Gasteiger partial charge on any atom is -0.319 e. The van der Waals surface area contributed by atoms with Crippen LogP contribution in [0.25, 0.3) is 21.1 Å². The molecule has 0 aliphatic carbocycles. The average Bonchev–Trinajstić information content (AvgIpc) is 2.94. The number of hydrogen-bond acceptors (Lipinski definition) is 4. The molecule has 0 N–H and O–H groups in total. The van der Waals surface area contributed by atoms with Crippen molar-refractivity contribution in [3.05, 3.63) is 68.4 Å². The molecule has 2 aromatic heterocycles. The van der Waals surface area contributed by atoms with Gasteiger partial charge in [0, 0.05) is 11.5 Å². The van der Waals surface area contributed by atoms with Gasteiger partial charge in [-0.25, -0.2) is 4.98 Å². The Morgan fingerprint density at radius 1 is 1.27 bits per heavy atom. The number of halogens is 1. The first-order chi connectivity index (χ1) is 12.5. The normalized spacial score (nSPS) is 12.2. The lowest BCUT2D eigenvalue weighted by atomic mass is 10.2. The van der Waals surface area contributed by atoms with E-state index in [1.54, 1.807) is 12.1 Å². The Hall–Kier alpha value is -2.58. The van der Waals surface area contributed by atoms with Crippen LogP contribution in [0.4, 0.5) is 0 Å². The summed E-state index contributed by atoms with van der Waals surface area (Å²) in [6, 6.07) is 13.1. The summed E-state index contributed by atoms with van der Waals surface area (Å²) in [5, 5.41) is 0.460. The molecule has 0 atom stereocenters. The second-order valence-corrected chi connectivity index (χ2v) is 7.68. The highest BCUT2D eigenvalue weighted by atomic mass is 79.9. The maximum Gasteiger partial charge on any atom is 0.268 e. The van der Waals surface area contributed by atoms with Gasteiger partial charge in [0.05, 0.1) is 27.4 Å². The molecule has 4 aromatic rings. The largest absolute Gasteiger partial charge is 0.319 e. The molecule has 6 nitrogen and oxygen atoms in total. The molecule has 0 saturated heterocycles. The number of aryl methyl sites for hydroxylation is 1. The number of benzene rings is 2. The molecule has 0 spiro atoms. The molecule has 8 heteroatoms. The molecule has 0 unspecified atom stereocenters. The summed E-state index contributed by atoms with van der Waals surface area (Å²) in [5.74, 6) is -0.398. The first kappa shape index (κ1) is 16.9. The SMILES string of the molecule is Cn1c(=NC(=O)Cn2cnc3ccc(Br)cc3c2=O)sc2ccccc21. The number of carbonyl (C=O) groups is 1. The summed E-state index contributed by atoms with van der Waals surface area (Å²) in [6.45, 7) is -0.150. The molecule has 0 bridgehead atoms. The van der Waals surface area contributed by atoms with E-state index < -0.39 is 5.91 Å². The van der Waals surface area contributed by atoms with Crippen molar-refractivity contribution in [2.75, 3.05) is 0 Å². The van der Waals surface area contributed by atoms with Crippen LogP contribution in [-0.2, 0) is 18.4 Å². The highest BCUT2D eigenvalue weighted by molar-refractivity contribution is 9.10. The van der Waals surface area contributed by atoms with Gasteiger partial charge in [0.25, 0.3) is 11.5 Å². The minimum absolute atomic E-state index is 0.150. The van der Waals surface area contributed by atoms with Crippen molar-refractivity contribution in [1.29, 1.82) is 0 Å². The summed E-state index contributed by atoms with van der Waals surface area (Å²) >= 11 is 4.79. The molecular weight excluding hydrogens is 416 g/mol. The van der Waals surface area contributed by atoms with E-state index in [2.05, 4.69) is 25.9 Å². The van der Waals surface area contributed by atoms with Crippen molar-refractivity contribution < 1.29 is 4.79 Å². The van der Waals surface area contributed by atoms with E-state index in [4.69, 9.17) is 0 Å². The van der Waals surface area contributed by atoms with E-state index in [1.807, 2.05) is 41.9 Å². The van der Waals surface area contributed by atoms with E-state index in [0.717, 1.165) is 14.7 Å². The van der Waals surface area contributed by atoms with Crippen LogP contribution in [-0.4, -0.2) is 20.0 Å². The molecule has 2 heterocycles. The molecule has 2 aromatic carbocycles. The highest BCUT2D eigenvalue weighted by Gasteiger charge is 2.09. The highest BCUT2D eigenvalue weighted by Crippen LogP contribution is 2.16. The van der Waals surface area contributed by atoms with Crippen molar-refractivity contribution in [2.45, 2.75) is 6.54 Å². The second-order valence-electron chi connectivity index (χ2n) is 5.76. The Morgan fingerprint density at radius 2 is 2.08 bits per heavy atom. The first-order valence-electron chi connectivity index (χ1n) is 7.80. The summed E-state index contributed by atoms with van der Waals surface area (Å²) < 4.78 is 5.00. The number of hydrogen-bond donors (Lipinski definition) is 0. The van der Waals surface area contributed by atoms with Gasteiger partial charge in [-0.15, -0.1) is 0 Å². The maximum absolute atomic E-state index is 12.6. The Morgan fingerprint density at radius 3 is 2.88 bits per heavy atom. The van der Waals surface area contributed by atoms with Gasteiger partial charge in [-0.2, -0.15) is 4.99 Å². The van der Waals surface area contributed by atoms with Crippen molar-refractivity contribution in [1.82, 2.24) is 14.1 Å². The summed E-state index contributed by atoms with van der Waals surface area (Å²) in [7, 11) is 1.87. The number of carbonyl (C=O) groups excluding carboxylic acids is 1. The lowest BCUT2D eigenvalue weighted by Gasteiger charge is -2.04. The van der Waals surface area contributed by atoms with Crippen molar-refractivity contribution in [2.24, 2.45) is 12.0 Å². The van der Waals surface area contributed by atoms with E-state index in [1.165, 1.54) is 22.2 Å². The summed E-state index contributed by atoms with van der Waals surface area (Å²) in [6.07, 6.45) is 1.39. The second kappa shape index (κ2) is 6.62. The van der Waals surface area contributed by atoms with Crippen LogP contribution < -0.4 is 10.4 Å². The molecule has 0 radical (unpaired) electrons. The lowest BCUT2D eigenvalue weighted by Crippen LogP contribution is -2.25. The predicted molar refractivity (Wildman–Crippen MR) is 105 cm³/mol. The molecule has 0 aliphatic heterocycles. The standard InChI is InChI=1S/C18H13BrN4O2S/c1-22-14-4-2-3-5-15(14)26-18(22)21-16(24)9-23-10-20-13-7-6-11(19)8-12(13)17(23)25/h2-8,10H,9H2,1H3. The Bertz CT molecular complexity index is 1290. The van der Waals surface area contributed by atoms with Gasteiger partial charge in [0.2, 0.25) is 0 Å². The fourth-order valence-electron chi connectivity index (χ4n) is 2.72. The van der Waals surface area contributed by atoms with Crippen molar-refractivity contribution in [3.8, 4) is 0 Å². The van der Waals surface area contributed by atoms with Crippen LogP contribution in [0.5, 0.6) is 0 Å². The zero-order valence-electron chi connectivity index (χ0n) is 13.7. The fraction of sp³-hybridized carbons (Fsp3) is 0.111. The van der Waals surface area contributed by atoms with Crippen molar-refractivity contribution in [3.63, 3.8) is 0 Å². The van der Waals surface area contributed by atoms with E-state index >= 15 is 0 Å². The van der Waals surface area contributed by atoms with Crippen LogP contribution in [0.1, 0.15) is 0 Å². The Labute approximate surface area is 160 Å². The number of rotatable bonds is 2. The molecule has 130 valence electrons. The van der Waals surface area contributed by atoms with Crippen LogP contribution >= 0.6 is 27.3 Å². The van der Waals surface area contributed by atoms with Gasteiger partial charge in [-0.05, 0) is 30.3 Å². The minimum atomic E-state index is -0.398. The third-order valence-electron chi connectivity index (χ3n) is 4.03. The van der Waals surface area contributed by atoms with Gasteiger partial charge >= 0.3 is 0 Å². The number of thiazole rings is 1. The number of aromatic nitrogens is 3. The topological polar surface area (TPSA) is 69.2 Å². The molecule has 0 saturated carbocycles. The van der Waals surface area contributed by atoms with Gasteiger partial charge in [0.1, 0.15) is 6.54 Å². The average molecular weight is 429 g/mol. The van der Waals surface area contributed by atoms with Crippen molar-refractivity contribution >= 4 is 54.3 Å². The first-order valence-corrected chi connectivity index (χ1v) is 9.41. The lowest BCUT2D eigenvalue weighted by molar-refractivity contribution is -0.118. The summed E-state index contributed by atoms with van der Waals surface area (Å²) in [4.78, 5) is 34.0. The zero-order chi connectivity index (χ0) is 18.3. The Balaban J connectivity index is 1.72. The molecular formula is C18H13BrN4O2S. The monoisotopic (exact) mass is 428 g/mol. The van der Waals surface area contributed by atoms with E-state index in [0.29, 0.717) is 15.7 Å². The van der Waals surface area contributed by atoms with E-state index in [9.17, 15) is 9.59 Å². The van der Waals surface area contributed by atoms with Gasteiger partial charge in [-0.3, -0.25) is 14.2 Å². The number of para-hydroxylation sites is 1. The number of nitrogens with zero attached hydrogens (tertiary/aromatic N) is 4. The molecule has 0 fully saturated rings. The Kier molecular flexibility index (Phi) is 4.29. The number of fused-ring (bicyclic) bond motifs is 2. The predicted octanol–water partition coefficient (Wildman–Crippen LogP) is 2.84. The summed E-state index contributed by atoms with van der Waals surface area (Å²) in [5.41, 5.74) is 1.34. The maximum atomic E-state index is 12.6. The van der Waals surface area contributed by atoms with Crippen LogP contribution in [0, 0.1) is 0 Å². The van der Waals surface area contributed by atoms with Gasteiger partial charge < -0.3 is 4.57 Å². The van der Waals surface area contributed by atoms with Crippen LogP contribution in [0.3, 0.4) is 0 Å². The van der Waals surface area contributed by atoms with Crippen LogP contribution in [0.2, 0.25) is 0 Å². The smallest absolute Gasteiger partial charge is 0.268 e. The van der Waals surface area contributed by atoms with Gasteiger partial charge in [0.15, 0.2) is 4.80 Å². The fourth-order valence-corrected chi connectivity index (χ4v) is 4.12. The third kappa shape index (κ3) is 3.02. The molecule has 1 amide bonds. The molecule has 26 heavy (non-hydrogen) atoms. The van der Waals surface area contributed by atoms with E-state index in [-0.39, 0.29) is 12.1 Å². The van der Waals surface area contributed by atoms with Gasteiger partial charge in [-0.1, -0.05) is 39.4 Å².